The molecule has 1 aliphatic rings. The number of nitrogens with zero attached hydrogens (tertiary/aromatic N) is 4. The molecule has 3 heterocycles. The predicted molar refractivity (Wildman–Crippen MR) is 88.6 cm³/mol. The lowest BCUT2D eigenvalue weighted by Crippen LogP contribution is -2.57. The average Bonchev–Trinajstić information content (AvgIpc) is 3.21. The standard InChI is InChI=1S/C16H15N5OS/c17-12-8-20(9-12)16(22)14-10-23-15(19-14)11-6-18-21(7-11)13-4-2-1-3-5-13/h1-7,10,12H,8-9,17H2. The summed E-state index contributed by atoms with van der Waals surface area (Å²) >= 11 is 1.45. The Morgan fingerprint density at radius 1 is 1.26 bits per heavy atom. The Morgan fingerprint density at radius 3 is 2.78 bits per heavy atom. The van der Waals surface area contributed by atoms with E-state index < -0.39 is 0 Å². The van der Waals surface area contributed by atoms with Crippen molar-refractivity contribution in [3.05, 3.63) is 53.8 Å². The van der Waals surface area contributed by atoms with E-state index >= 15 is 0 Å². The van der Waals surface area contributed by atoms with Crippen LogP contribution < -0.4 is 5.73 Å². The number of para-hydroxylation sites is 1. The molecule has 7 heteroatoms. The van der Waals surface area contributed by atoms with Crippen LogP contribution in [-0.2, 0) is 0 Å². The van der Waals surface area contributed by atoms with Crippen LogP contribution in [0.5, 0.6) is 0 Å². The van der Waals surface area contributed by atoms with Crippen LogP contribution in [0.1, 0.15) is 10.5 Å². The zero-order valence-corrected chi connectivity index (χ0v) is 13.1. The first-order valence-electron chi connectivity index (χ1n) is 7.31. The second kappa shape index (κ2) is 5.60. The SMILES string of the molecule is NC1CN(C(=O)c2csc(-c3cnn(-c4ccccc4)c3)n2)C1. The number of hydrogen-bond donors (Lipinski definition) is 1. The van der Waals surface area contributed by atoms with Crippen molar-refractivity contribution in [3.8, 4) is 16.3 Å². The molecule has 0 unspecified atom stereocenters. The average molecular weight is 325 g/mol. The summed E-state index contributed by atoms with van der Waals surface area (Å²) in [6.07, 6.45) is 3.68. The van der Waals surface area contributed by atoms with Gasteiger partial charge >= 0.3 is 0 Å². The maximum atomic E-state index is 12.2. The zero-order valence-electron chi connectivity index (χ0n) is 12.3. The molecule has 1 aliphatic heterocycles. The summed E-state index contributed by atoms with van der Waals surface area (Å²) < 4.78 is 1.80. The molecule has 1 amide bonds. The van der Waals surface area contributed by atoms with Crippen molar-refractivity contribution in [3.63, 3.8) is 0 Å². The lowest BCUT2D eigenvalue weighted by Gasteiger charge is -2.36. The molecule has 0 spiro atoms. The second-order valence-electron chi connectivity index (χ2n) is 5.52. The van der Waals surface area contributed by atoms with Crippen LogP contribution in [-0.4, -0.2) is 44.7 Å². The van der Waals surface area contributed by atoms with E-state index in [0.29, 0.717) is 18.8 Å². The Balaban J connectivity index is 1.55. The summed E-state index contributed by atoms with van der Waals surface area (Å²) in [6, 6.07) is 9.97. The van der Waals surface area contributed by atoms with Crippen molar-refractivity contribution < 1.29 is 4.79 Å². The zero-order chi connectivity index (χ0) is 15.8. The second-order valence-corrected chi connectivity index (χ2v) is 6.38. The highest BCUT2D eigenvalue weighted by atomic mass is 32.1. The summed E-state index contributed by atoms with van der Waals surface area (Å²) in [5.74, 6) is -0.0512. The van der Waals surface area contributed by atoms with Crippen LogP contribution in [0.25, 0.3) is 16.3 Å². The molecular weight excluding hydrogens is 310 g/mol. The van der Waals surface area contributed by atoms with Gasteiger partial charge in [-0.05, 0) is 12.1 Å². The van der Waals surface area contributed by atoms with E-state index in [1.165, 1.54) is 11.3 Å². The minimum Gasteiger partial charge on any atom is -0.334 e. The van der Waals surface area contributed by atoms with Crippen molar-refractivity contribution in [1.29, 1.82) is 0 Å². The van der Waals surface area contributed by atoms with Gasteiger partial charge in [0.1, 0.15) is 10.7 Å². The summed E-state index contributed by atoms with van der Waals surface area (Å²) in [5.41, 5.74) is 8.08. The maximum Gasteiger partial charge on any atom is 0.273 e. The van der Waals surface area contributed by atoms with E-state index in [-0.39, 0.29) is 11.9 Å². The van der Waals surface area contributed by atoms with Gasteiger partial charge < -0.3 is 10.6 Å². The fraction of sp³-hybridized carbons (Fsp3) is 0.188. The van der Waals surface area contributed by atoms with E-state index in [9.17, 15) is 4.79 Å². The molecule has 2 aromatic heterocycles. The molecule has 1 fully saturated rings. The molecule has 0 radical (unpaired) electrons. The largest absolute Gasteiger partial charge is 0.334 e. The van der Waals surface area contributed by atoms with E-state index in [4.69, 9.17) is 5.73 Å². The van der Waals surface area contributed by atoms with E-state index in [0.717, 1.165) is 16.3 Å². The fourth-order valence-electron chi connectivity index (χ4n) is 2.50. The molecule has 1 aromatic carbocycles. The number of hydrogen-bond acceptors (Lipinski definition) is 5. The minimum absolute atomic E-state index is 0.0512. The number of likely N-dealkylation sites (tertiary alicyclic amines) is 1. The van der Waals surface area contributed by atoms with Gasteiger partial charge in [0.2, 0.25) is 0 Å². The van der Waals surface area contributed by atoms with Gasteiger partial charge in [-0.25, -0.2) is 9.67 Å². The Bertz CT molecular complexity index is 835. The highest BCUT2D eigenvalue weighted by Crippen LogP contribution is 2.25. The van der Waals surface area contributed by atoms with Gasteiger partial charge in [0.05, 0.1) is 11.9 Å². The Kier molecular flexibility index (Phi) is 3.44. The fourth-order valence-corrected chi connectivity index (χ4v) is 3.27. The van der Waals surface area contributed by atoms with Crippen molar-refractivity contribution in [2.45, 2.75) is 6.04 Å². The Labute approximate surface area is 137 Å². The molecule has 1 saturated heterocycles. The molecule has 4 rings (SSSR count). The van der Waals surface area contributed by atoms with E-state index in [2.05, 4.69) is 10.1 Å². The van der Waals surface area contributed by atoms with Gasteiger partial charge in [0, 0.05) is 36.3 Å². The molecule has 0 atom stereocenters. The van der Waals surface area contributed by atoms with Gasteiger partial charge in [-0.1, -0.05) is 18.2 Å². The quantitative estimate of drug-likeness (QED) is 0.796. The molecule has 23 heavy (non-hydrogen) atoms. The summed E-state index contributed by atoms with van der Waals surface area (Å²) in [5, 5.41) is 6.95. The molecule has 116 valence electrons. The van der Waals surface area contributed by atoms with Gasteiger partial charge in [-0.15, -0.1) is 11.3 Å². The number of benzene rings is 1. The van der Waals surface area contributed by atoms with Crippen LogP contribution in [0, 0.1) is 0 Å². The van der Waals surface area contributed by atoms with Crippen LogP contribution in [0.4, 0.5) is 0 Å². The first-order chi connectivity index (χ1) is 11.2. The molecule has 0 bridgehead atoms. The van der Waals surface area contributed by atoms with Crippen molar-refractivity contribution in [2.75, 3.05) is 13.1 Å². The minimum atomic E-state index is -0.0512. The summed E-state index contributed by atoms with van der Waals surface area (Å²) in [4.78, 5) is 18.4. The third-order valence-corrected chi connectivity index (χ3v) is 4.66. The molecule has 6 nitrogen and oxygen atoms in total. The highest BCUT2D eigenvalue weighted by molar-refractivity contribution is 7.13. The number of aromatic nitrogens is 3. The Morgan fingerprint density at radius 2 is 2.04 bits per heavy atom. The lowest BCUT2D eigenvalue weighted by atomic mass is 10.1. The van der Waals surface area contributed by atoms with Crippen molar-refractivity contribution >= 4 is 17.2 Å². The van der Waals surface area contributed by atoms with Crippen LogP contribution >= 0.6 is 11.3 Å². The third kappa shape index (κ3) is 2.64. The predicted octanol–water partition coefficient (Wildman–Crippen LogP) is 1.78. The van der Waals surface area contributed by atoms with Crippen LogP contribution in [0.2, 0.25) is 0 Å². The highest BCUT2D eigenvalue weighted by Gasteiger charge is 2.29. The van der Waals surface area contributed by atoms with Gasteiger partial charge in [0.15, 0.2) is 0 Å². The molecule has 3 aromatic rings. The number of thiazole rings is 1. The number of rotatable bonds is 3. The van der Waals surface area contributed by atoms with Crippen LogP contribution in [0.3, 0.4) is 0 Å². The Hall–Kier alpha value is -2.51. The molecule has 0 saturated carbocycles. The number of carbonyl (C=O) groups is 1. The van der Waals surface area contributed by atoms with Gasteiger partial charge in [-0.3, -0.25) is 4.79 Å². The lowest BCUT2D eigenvalue weighted by molar-refractivity contribution is 0.0603. The van der Waals surface area contributed by atoms with Crippen molar-refractivity contribution in [2.24, 2.45) is 5.73 Å². The normalized spacial score (nSPS) is 14.7. The first kappa shape index (κ1) is 14.1. The molecule has 2 N–H and O–H groups in total. The van der Waals surface area contributed by atoms with E-state index in [1.54, 1.807) is 21.2 Å². The molecule has 0 aliphatic carbocycles. The summed E-state index contributed by atoms with van der Waals surface area (Å²) in [7, 11) is 0. The monoisotopic (exact) mass is 325 g/mol. The summed E-state index contributed by atoms with van der Waals surface area (Å²) in [6.45, 7) is 1.22. The van der Waals surface area contributed by atoms with Gasteiger partial charge in [-0.2, -0.15) is 5.10 Å². The van der Waals surface area contributed by atoms with E-state index in [1.807, 2.05) is 36.5 Å². The number of amides is 1. The van der Waals surface area contributed by atoms with Crippen molar-refractivity contribution in [1.82, 2.24) is 19.7 Å². The topological polar surface area (TPSA) is 77.0 Å². The first-order valence-corrected chi connectivity index (χ1v) is 8.19. The number of nitrogens with two attached hydrogens (primary N) is 1. The van der Waals surface area contributed by atoms with Gasteiger partial charge in [0.25, 0.3) is 5.91 Å². The van der Waals surface area contributed by atoms with Crippen LogP contribution in [0.15, 0.2) is 48.1 Å². The maximum absolute atomic E-state index is 12.2. The third-order valence-electron chi connectivity index (χ3n) is 3.77. The molecular formula is C16H15N5OS. The smallest absolute Gasteiger partial charge is 0.273 e. The number of carbonyl (C=O) groups excluding carboxylic acids is 1.